The van der Waals surface area contributed by atoms with Crippen LogP contribution in [0, 0.1) is 6.92 Å². The maximum atomic E-state index is 12.7. The van der Waals surface area contributed by atoms with Gasteiger partial charge in [0.1, 0.15) is 0 Å². The lowest BCUT2D eigenvalue weighted by Gasteiger charge is -2.22. The third-order valence-corrected chi connectivity index (χ3v) is 4.28. The number of rotatable bonds is 3. The normalized spacial score (nSPS) is 14.9. The predicted octanol–water partition coefficient (Wildman–Crippen LogP) is 1.24. The number of anilines is 1. The second-order valence-electron chi connectivity index (χ2n) is 6.11. The molecule has 2 aromatic rings. The molecule has 3 rings (SSSR count). The molecule has 1 aromatic carbocycles. The topological polar surface area (TPSA) is 92.4 Å². The van der Waals surface area contributed by atoms with E-state index in [0.717, 1.165) is 24.5 Å². The molecule has 0 atom stereocenters. The number of nitrogens with zero attached hydrogens (tertiary/aromatic N) is 4. The molecule has 0 bridgehead atoms. The van der Waals surface area contributed by atoms with Gasteiger partial charge in [-0.2, -0.15) is 5.10 Å². The highest BCUT2D eigenvalue weighted by Gasteiger charge is 2.21. The third-order valence-electron chi connectivity index (χ3n) is 4.28. The molecule has 7 nitrogen and oxygen atoms in total. The standard InChI is InChI=1S/C18H21N5O2/c1-13-6-7-16(21-20-13)22-8-3-9-23(11-10-22)18(25)15-5-2-4-14(12-15)17(19)24/h2,4-7,12H,3,8-11H2,1H3,(H2,19,24). The molecule has 1 aromatic heterocycles. The van der Waals surface area contributed by atoms with Crippen molar-refractivity contribution in [3.8, 4) is 0 Å². The smallest absolute Gasteiger partial charge is 0.253 e. The fraction of sp³-hybridized carbons (Fsp3) is 0.333. The van der Waals surface area contributed by atoms with Crippen LogP contribution in [0.15, 0.2) is 36.4 Å². The van der Waals surface area contributed by atoms with Gasteiger partial charge in [-0.25, -0.2) is 0 Å². The van der Waals surface area contributed by atoms with Crippen molar-refractivity contribution < 1.29 is 9.59 Å². The summed E-state index contributed by atoms with van der Waals surface area (Å²) in [5.41, 5.74) is 7.01. The first kappa shape index (κ1) is 16.9. The first-order valence-corrected chi connectivity index (χ1v) is 8.29. The highest BCUT2D eigenvalue weighted by Crippen LogP contribution is 2.15. The van der Waals surface area contributed by atoms with Gasteiger partial charge in [-0.05, 0) is 43.7 Å². The fourth-order valence-electron chi connectivity index (χ4n) is 2.90. The third kappa shape index (κ3) is 3.93. The highest BCUT2D eigenvalue weighted by molar-refractivity contribution is 5.99. The molecule has 1 fully saturated rings. The number of aryl methyl sites for hydroxylation is 1. The van der Waals surface area contributed by atoms with Gasteiger partial charge in [-0.15, -0.1) is 5.10 Å². The van der Waals surface area contributed by atoms with E-state index < -0.39 is 5.91 Å². The summed E-state index contributed by atoms with van der Waals surface area (Å²) < 4.78 is 0. The molecule has 2 amide bonds. The molecule has 1 aliphatic heterocycles. The van der Waals surface area contributed by atoms with Crippen LogP contribution in [0.25, 0.3) is 0 Å². The number of hydrogen-bond acceptors (Lipinski definition) is 5. The molecule has 0 saturated carbocycles. The molecule has 2 heterocycles. The van der Waals surface area contributed by atoms with E-state index in [9.17, 15) is 9.59 Å². The van der Waals surface area contributed by atoms with Crippen molar-refractivity contribution >= 4 is 17.6 Å². The number of aromatic nitrogens is 2. The van der Waals surface area contributed by atoms with Crippen molar-refractivity contribution in [2.45, 2.75) is 13.3 Å². The Kier molecular flexibility index (Phi) is 4.92. The zero-order valence-electron chi connectivity index (χ0n) is 14.2. The summed E-state index contributed by atoms with van der Waals surface area (Å²) >= 11 is 0. The molecule has 7 heteroatoms. The van der Waals surface area contributed by atoms with Gasteiger partial charge < -0.3 is 15.5 Å². The number of benzene rings is 1. The summed E-state index contributed by atoms with van der Waals surface area (Å²) in [7, 11) is 0. The van der Waals surface area contributed by atoms with E-state index in [1.165, 1.54) is 0 Å². The lowest BCUT2D eigenvalue weighted by atomic mass is 10.1. The maximum absolute atomic E-state index is 12.7. The zero-order valence-corrected chi connectivity index (χ0v) is 14.2. The Hall–Kier alpha value is -2.96. The van der Waals surface area contributed by atoms with E-state index in [0.29, 0.717) is 30.8 Å². The average Bonchev–Trinajstić information content (AvgIpc) is 2.88. The van der Waals surface area contributed by atoms with Crippen molar-refractivity contribution in [1.82, 2.24) is 15.1 Å². The molecular formula is C18H21N5O2. The van der Waals surface area contributed by atoms with Crippen LogP contribution in [0.5, 0.6) is 0 Å². The van der Waals surface area contributed by atoms with Crippen LogP contribution in [0.2, 0.25) is 0 Å². The Morgan fingerprint density at radius 2 is 1.80 bits per heavy atom. The minimum atomic E-state index is -0.533. The van der Waals surface area contributed by atoms with Crippen molar-refractivity contribution in [3.05, 3.63) is 53.2 Å². The van der Waals surface area contributed by atoms with E-state index >= 15 is 0 Å². The van der Waals surface area contributed by atoms with Crippen LogP contribution in [-0.2, 0) is 0 Å². The van der Waals surface area contributed by atoms with Crippen molar-refractivity contribution in [3.63, 3.8) is 0 Å². The Labute approximate surface area is 146 Å². The van der Waals surface area contributed by atoms with Crippen LogP contribution < -0.4 is 10.6 Å². The van der Waals surface area contributed by atoms with Gasteiger partial charge in [0.05, 0.1) is 5.69 Å². The molecule has 130 valence electrons. The van der Waals surface area contributed by atoms with Gasteiger partial charge >= 0.3 is 0 Å². The Morgan fingerprint density at radius 3 is 2.52 bits per heavy atom. The summed E-state index contributed by atoms with van der Waals surface area (Å²) in [6.07, 6.45) is 0.844. The second-order valence-corrected chi connectivity index (χ2v) is 6.11. The monoisotopic (exact) mass is 339 g/mol. The Bertz CT molecular complexity index is 775. The molecule has 25 heavy (non-hydrogen) atoms. The number of primary amides is 1. The lowest BCUT2D eigenvalue weighted by molar-refractivity contribution is 0.0767. The highest BCUT2D eigenvalue weighted by atomic mass is 16.2. The molecule has 2 N–H and O–H groups in total. The molecular weight excluding hydrogens is 318 g/mol. The van der Waals surface area contributed by atoms with Gasteiger partial charge in [-0.3, -0.25) is 9.59 Å². The van der Waals surface area contributed by atoms with Crippen LogP contribution in [0.3, 0.4) is 0 Å². The quantitative estimate of drug-likeness (QED) is 0.908. The second kappa shape index (κ2) is 7.29. The van der Waals surface area contributed by atoms with Crippen molar-refractivity contribution in [2.24, 2.45) is 5.73 Å². The predicted molar refractivity (Wildman–Crippen MR) is 94.5 cm³/mol. The van der Waals surface area contributed by atoms with Crippen LogP contribution in [0.4, 0.5) is 5.82 Å². The number of nitrogens with two attached hydrogens (primary N) is 1. The molecule has 0 unspecified atom stereocenters. The van der Waals surface area contributed by atoms with E-state index in [-0.39, 0.29) is 5.91 Å². The molecule has 0 aliphatic carbocycles. The van der Waals surface area contributed by atoms with Crippen molar-refractivity contribution in [2.75, 3.05) is 31.1 Å². The van der Waals surface area contributed by atoms with E-state index in [1.807, 2.05) is 24.0 Å². The van der Waals surface area contributed by atoms with Crippen LogP contribution >= 0.6 is 0 Å². The first-order chi connectivity index (χ1) is 12.0. The average molecular weight is 339 g/mol. The summed E-state index contributed by atoms with van der Waals surface area (Å²) in [6, 6.07) is 10.4. The SMILES string of the molecule is Cc1ccc(N2CCCN(C(=O)c3cccc(C(N)=O)c3)CC2)nn1. The number of hydrogen-bond donors (Lipinski definition) is 1. The first-order valence-electron chi connectivity index (χ1n) is 8.29. The Balaban J connectivity index is 1.70. The fourth-order valence-corrected chi connectivity index (χ4v) is 2.90. The molecule has 1 saturated heterocycles. The van der Waals surface area contributed by atoms with Gasteiger partial charge in [0.15, 0.2) is 5.82 Å². The largest absolute Gasteiger partial charge is 0.366 e. The maximum Gasteiger partial charge on any atom is 0.253 e. The van der Waals surface area contributed by atoms with E-state index in [1.54, 1.807) is 24.3 Å². The minimum absolute atomic E-state index is 0.0834. The number of carbonyl (C=O) groups excluding carboxylic acids is 2. The summed E-state index contributed by atoms with van der Waals surface area (Å²) in [5, 5.41) is 8.32. The lowest BCUT2D eigenvalue weighted by Crippen LogP contribution is -2.35. The van der Waals surface area contributed by atoms with Crippen LogP contribution in [-0.4, -0.2) is 53.1 Å². The van der Waals surface area contributed by atoms with Gasteiger partial charge in [-0.1, -0.05) is 6.07 Å². The molecule has 1 aliphatic rings. The Morgan fingerprint density at radius 1 is 1.00 bits per heavy atom. The van der Waals surface area contributed by atoms with Gasteiger partial charge in [0, 0.05) is 37.3 Å². The summed E-state index contributed by atoms with van der Waals surface area (Å²) in [5.74, 6) is 0.213. The number of carbonyl (C=O) groups is 2. The molecule has 0 radical (unpaired) electrons. The summed E-state index contributed by atoms with van der Waals surface area (Å²) in [6.45, 7) is 4.67. The zero-order chi connectivity index (χ0) is 17.8. The van der Waals surface area contributed by atoms with E-state index in [2.05, 4.69) is 15.1 Å². The van der Waals surface area contributed by atoms with Gasteiger partial charge in [0.2, 0.25) is 5.91 Å². The molecule has 0 spiro atoms. The van der Waals surface area contributed by atoms with Crippen molar-refractivity contribution in [1.29, 1.82) is 0 Å². The van der Waals surface area contributed by atoms with Gasteiger partial charge in [0.25, 0.3) is 5.91 Å². The number of amides is 2. The summed E-state index contributed by atoms with van der Waals surface area (Å²) in [4.78, 5) is 28.0. The van der Waals surface area contributed by atoms with Crippen LogP contribution in [0.1, 0.15) is 32.8 Å². The minimum Gasteiger partial charge on any atom is -0.366 e. The van der Waals surface area contributed by atoms with E-state index in [4.69, 9.17) is 5.73 Å².